The first kappa shape index (κ1) is 6.80. The summed E-state index contributed by atoms with van der Waals surface area (Å²) in [4.78, 5) is 11.0. The van der Waals surface area contributed by atoms with Crippen LogP contribution < -0.4 is 5.69 Å². The highest BCUT2D eigenvalue weighted by Crippen LogP contribution is 1.75. The van der Waals surface area contributed by atoms with Crippen molar-refractivity contribution < 1.29 is 0 Å². The molecule has 1 rings (SSSR count). The van der Waals surface area contributed by atoms with Crippen LogP contribution in [0.1, 0.15) is 0 Å². The summed E-state index contributed by atoms with van der Waals surface area (Å²) in [5.41, 5.74) is -0.111. The Morgan fingerprint density at radius 3 is 3.00 bits per heavy atom. The van der Waals surface area contributed by atoms with Crippen molar-refractivity contribution in [1.82, 2.24) is 14.3 Å². The van der Waals surface area contributed by atoms with Gasteiger partial charge in [0, 0.05) is 7.05 Å². The van der Waals surface area contributed by atoms with E-state index in [1.165, 1.54) is 15.6 Å². The van der Waals surface area contributed by atoms with E-state index in [4.69, 9.17) is 0 Å². The van der Waals surface area contributed by atoms with E-state index in [1.54, 1.807) is 13.1 Å². The second-order valence-electron chi connectivity index (χ2n) is 2.00. The second-order valence-corrected chi connectivity index (χ2v) is 2.00. The van der Waals surface area contributed by atoms with E-state index in [2.05, 4.69) is 11.7 Å². The van der Waals surface area contributed by atoms with Gasteiger partial charge in [0.15, 0.2) is 0 Å². The zero-order chi connectivity index (χ0) is 7.56. The largest absolute Gasteiger partial charge is 0.345 e. The number of nitrogens with zero attached hydrogens (tertiary/aromatic N) is 3. The fourth-order valence-electron chi connectivity index (χ4n) is 0.668. The molecule has 1 aromatic heterocycles. The molecule has 0 bridgehead atoms. The SMILES string of the molecule is C=CCn1ncn(C)c1=O. The highest BCUT2D eigenvalue weighted by Gasteiger charge is 1.96. The zero-order valence-electron chi connectivity index (χ0n) is 5.82. The lowest BCUT2D eigenvalue weighted by molar-refractivity contribution is 0.660. The summed E-state index contributed by atoms with van der Waals surface area (Å²) in [6.07, 6.45) is 3.11. The van der Waals surface area contributed by atoms with E-state index in [9.17, 15) is 4.79 Å². The third-order valence-electron chi connectivity index (χ3n) is 1.19. The monoisotopic (exact) mass is 139 g/mol. The van der Waals surface area contributed by atoms with Crippen molar-refractivity contribution in [2.75, 3.05) is 0 Å². The van der Waals surface area contributed by atoms with Crippen LogP contribution in [0, 0.1) is 0 Å². The highest BCUT2D eigenvalue weighted by molar-refractivity contribution is 4.71. The van der Waals surface area contributed by atoms with Gasteiger partial charge in [0.25, 0.3) is 0 Å². The molecule has 0 atom stereocenters. The molecule has 0 radical (unpaired) electrons. The second kappa shape index (κ2) is 2.51. The van der Waals surface area contributed by atoms with E-state index in [0.29, 0.717) is 6.54 Å². The van der Waals surface area contributed by atoms with Crippen molar-refractivity contribution in [3.8, 4) is 0 Å². The van der Waals surface area contributed by atoms with Crippen LogP contribution in [0.2, 0.25) is 0 Å². The molecule has 0 unspecified atom stereocenters. The molecular weight excluding hydrogens is 130 g/mol. The summed E-state index contributed by atoms with van der Waals surface area (Å²) in [5.74, 6) is 0. The topological polar surface area (TPSA) is 39.8 Å². The highest BCUT2D eigenvalue weighted by atomic mass is 16.2. The van der Waals surface area contributed by atoms with Gasteiger partial charge >= 0.3 is 5.69 Å². The summed E-state index contributed by atoms with van der Waals surface area (Å²) >= 11 is 0. The summed E-state index contributed by atoms with van der Waals surface area (Å²) in [7, 11) is 1.66. The van der Waals surface area contributed by atoms with E-state index in [0.717, 1.165) is 0 Å². The molecule has 1 heterocycles. The van der Waals surface area contributed by atoms with Gasteiger partial charge in [0.05, 0.1) is 6.54 Å². The Balaban J connectivity index is 3.05. The Kier molecular flexibility index (Phi) is 1.71. The van der Waals surface area contributed by atoms with Crippen LogP contribution in [0.25, 0.3) is 0 Å². The summed E-state index contributed by atoms with van der Waals surface area (Å²) in [6, 6.07) is 0. The lowest BCUT2D eigenvalue weighted by Crippen LogP contribution is -2.22. The van der Waals surface area contributed by atoms with Crippen LogP contribution in [-0.4, -0.2) is 14.3 Å². The molecule has 4 nitrogen and oxygen atoms in total. The maximum absolute atomic E-state index is 11.0. The first-order chi connectivity index (χ1) is 4.75. The third-order valence-corrected chi connectivity index (χ3v) is 1.19. The molecule has 0 fully saturated rings. The first-order valence-corrected chi connectivity index (χ1v) is 2.95. The van der Waals surface area contributed by atoms with Crippen LogP contribution in [0.4, 0.5) is 0 Å². The molecule has 0 N–H and O–H groups in total. The quantitative estimate of drug-likeness (QED) is 0.531. The minimum absolute atomic E-state index is 0.111. The predicted octanol–water partition coefficient (Wildman–Crippen LogP) is -0.232. The molecule has 1 aromatic rings. The van der Waals surface area contributed by atoms with Crippen LogP contribution in [0.5, 0.6) is 0 Å². The molecule has 10 heavy (non-hydrogen) atoms. The number of rotatable bonds is 2. The van der Waals surface area contributed by atoms with Crippen LogP contribution in [-0.2, 0) is 13.6 Å². The normalized spacial score (nSPS) is 9.70. The molecule has 0 spiro atoms. The molecule has 0 saturated carbocycles. The first-order valence-electron chi connectivity index (χ1n) is 2.95. The molecule has 0 saturated heterocycles. The number of hydrogen-bond acceptors (Lipinski definition) is 2. The van der Waals surface area contributed by atoms with E-state index >= 15 is 0 Å². The van der Waals surface area contributed by atoms with Gasteiger partial charge in [-0.25, -0.2) is 9.48 Å². The van der Waals surface area contributed by atoms with Gasteiger partial charge in [-0.15, -0.1) is 6.58 Å². The van der Waals surface area contributed by atoms with Gasteiger partial charge in [0.2, 0.25) is 0 Å². The molecular formula is C6H9N3O. The number of allylic oxidation sites excluding steroid dienone is 1. The van der Waals surface area contributed by atoms with Crippen LogP contribution in [0.15, 0.2) is 23.8 Å². The molecule has 0 aromatic carbocycles. The van der Waals surface area contributed by atoms with Crippen molar-refractivity contribution >= 4 is 0 Å². The van der Waals surface area contributed by atoms with Crippen molar-refractivity contribution in [2.45, 2.75) is 6.54 Å². The molecule has 0 aliphatic rings. The zero-order valence-corrected chi connectivity index (χ0v) is 5.82. The number of aromatic nitrogens is 3. The maximum Gasteiger partial charge on any atom is 0.345 e. The molecule has 0 aliphatic carbocycles. The lowest BCUT2D eigenvalue weighted by Gasteiger charge is -1.88. The van der Waals surface area contributed by atoms with Crippen molar-refractivity contribution in [3.63, 3.8) is 0 Å². The van der Waals surface area contributed by atoms with Gasteiger partial charge in [-0.1, -0.05) is 6.08 Å². The predicted molar refractivity (Wildman–Crippen MR) is 37.7 cm³/mol. The molecule has 0 amide bonds. The lowest BCUT2D eigenvalue weighted by atomic mass is 10.6. The van der Waals surface area contributed by atoms with Crippen molar-refractivity contribution in [2.24, 2.45) is 7.05 Å². The van der Waals surface area contributed by atoms with E-state index in [1.807, 2.05) is 0 Å². The van der Waals surface area contributed by atoms with Crippen molar-refractivity contribution in [1.29, 1.82) is 0 Å². The van der Waals surface area contributed by atoms with Gasteiger partial charge < -0.3 is 0 Å². The fourth-order valence-corrected chi connectivity index (χ4v) is 0.668. The molecule has 0 aliphatic heterocycles. The van der Waals surface area contributed by atoms with Gasteiger partial charge in [0.1, 0.15) is 6.33 Å². The van der Waals surface area contributed by atoms with E-state index in [-0.39, 0.29) is 5.69 Å². The third kappa shape index (κ3) is 1.00. The van der Waals surface area contributed by atoms with Gasteiger partial charge in [-0.05, 0) is 0 Å². The van der Waals surface area contributed by atoms with E-state index < -0.39 is 0 Å². The Hall–Kier alpha value is -1.32. The van der Waals surface area contributed by atoms with Gasteiger partial charge in [-0.3, -0.25) is 4.57 Å². The number of hydrogen-bond donors (Lipinski definition) is 0. The summed E-state index contributed by atoms with van der Waals surface area (Å²) < 4.78 is 2.76. The fraction of sp³-hybridized carbons (Fsp3) is 0.333. The smallest absolute Gasteiger partial charge is 0.285 e. The molecule has 4 heteroatoms. The standard InChI is InChI=1S/C6H9N3O/c1-3-4-9-6(10)8(2)5-7-9/h3,5H,1,4H2,2H3. The van der Waals surface area contributed by atoms with Crippen LogP contribution in [0.3, 0.4) is 0 Å². The summed E-state index contributed by atoms with van der Waals surface area (Å²) in [6.45, 7) is 3.97. The summed E-state index contributed by atoms with van der Waals surface area (Å²) in [5, 5.41) is 3.80. The minimum Gasteiger partial charge on any atom is -0.285 e. The Morgan fingerprint density at radius 2 is 2.60 bits per heavy atom. The van der Waals surface area contributed by atoms with Crippen LogP contribution >= 0.6 is 0 Å². The van der Waals surface area contributed by atoms with Gasteiger partial charge in [-0.2, -0.15) is 5.10 Å². The minimum atomic E-state index is -0.111. The Bertz CT molecular complexity index is 283. The average molecular weight is 139 g/mol. The Morgan fingerprint density at radius 1 is 1.90 bits per heavy atom. The maximum atomic E-state index is 11.0. The number of aryl methyl sites for hydroxylation is 1. The molecule has 54 valence electrons. The average Bonchev–Trinajstić information content (AvgIpc) is 2.20. The Labute approximate surface area is 58.4 Å². The van der Waals surface area contributed by atoms with Crippen molar-refractivity contribution in [3.05, 3.63) is 29.5 Å².